The number of anilines is 2. The van der Waals surface area contributed by atoms with Crippen molar-refractivity contribution in [2.24, 2.45) is 5.73 Å². The van der Waals surface area contributed by atoms with Gasteiger partial charge in [-0.2, -0.15) is 0 Å². The van der Waals surface area contributed by atoms with Gasteiger partial charge in [0.05, 0.1) is 17.5 Å². The topological polar surface area (TPSA) is 75.4 Å². The van der Waals surface area contributed by atoms with Crippen molar-refractivity contribution in [3.63, 3.8) is 0 Å². The molecule has 1 aliphatic heterocycles. The molecule has 0 aliphatic carbocycles. The first kappa shape index (κ1) is 12.9. The Morgan fingerprint density at radius 2 is 2.28 bits per heavy atom. The van der Waals surface area contributed by atoms with E-state index in [1.807, 2.05) is 12.1 Å². The van der Waals surface area contributed by atoms with Crippen LogP contribution in [0, 0.1) is 0 Å². The zero-order chi connectivity index (χ0) is 13.3. The molecule has 0 saturated heterocycles. The van der Waals surface area contributed by atoms with Crippen molar-refractivity contribution in [2.75, 3.05) is 23.0 Å². The molecule has 0 radical (unpaired) electrons. The van der Waals surface area contributed by atoms with Gasteiger partial charge in [-0.15, -0.1) is 11.8 Å². The fraction of sp³-hybridized carbons (Fsp3) is 0.333. The minimum absolute atomic E-state index is 0.0224. The molecule has 0 aromatic heterocycles. The number of thioether (sulfide) groups is 1. The van der Waals surface area contributed by atoms with E-state index in [0.717, 1.165) is 16.3 Å². The predicted octanol–water partition coefficient (Wildman–Crippen LogP) is 1.04. The molecule has 3 N–H and O–H groups in total. The lowest BCUT2D eigenvalue weighted by Gasteiger charge is -2.22. The van der Waals surface area contributed by atoms with Gasteiger partial charge in [0, 0.05) is 17.6 Å². The molecule has 1 aromatic rings. The van der Waals surface area contributed by atoms with Crippen LogP contribution in [0.3, 0.4) is 0 Å². The molecule has 1 aliphatic rings. The molecule has 2 rings (SSSR count). The third kappa shape index (κ3) is 2.49. The largest absolute Gasteiger partial charge is 0.324 e. The Kier molecular flexibility index (Phi) is 3.58. The van der Waals surface area contributed by atoms with Crippen LogP contribution in [0.25, 0.3) is 0 Å². The Bertz CT molecular complexity index is 502. The normalized spacial score (nSPS) is 15.6. The van der Waals surface area contributed by atoms with Crippen molar-refractivity contribution >= 4 is 35.0 Å². The second-order valence-corrected chi connectivity index (χ2v) is 5.22. The van der Waals surface area contributed by atoms with Crippen molar-refractivity contribution in [3.8, 4) is 0 Å². The number of hydrogen-bond donors (Lipinski definition) is 2. The summed E-state index contributed by atoms with van der Waals surface area (Å²) >= 11 is 1.49. The molecule has 2 amide bonds. The quantitative estimate of drug-likeness (QED) is 0.838. The van der Waals surface area contributed by atoms with E-state index in [-0.39, 0.29) is 11.8 Å². The summed E-state index contributed by atoms with van der Waals surface area (Å²) in [5.41, 5.74) is 7.04. The number of benzene rings is 1. The van der Waals surface area contributed by atoms with Crippen molar-refractivity contribution in [2.45, 2.75) is 17.9 Å². The lowest BCUT2D eigenvalue weighted by Crippen LogP contribution is -2.39. The van der Waals surface area contributed by atoms with Crippen molar-refractivity contribution in [1.82, 2.24) is 0 Å². The van der Waals surface area contributed by atoms with Gasteiger partial charge in [-0.1, -0.05) is 0 Å². The van der Waals surface area contributed by atoms with Crippen LogP contribution in [0.4, 0.5) is 11.4 Å². The standard InChI is InChI=1S/C12H15N3O2S/c1-7(13)12(17)15(2)8-3-4-10-9(5-8)14-11(16)6-18-10/h3-5,7H,6,13H2,1-2H3,(H,14,16). The fourth-order valence-corrected chi connectivity index (χ4v) is 2.50. The number of nitrogens with one attached hydrogen (secondary N) is 1. The molecule has 0 bridgehead atoms. The molecule has 0 saturated carbocycles. The van der Waals surface area contributed by atoms with Crippen LogP contribution >= 0.6 is 11.8 Å². The Morgan fingerprint density at radius 1 is 1.56 bits per heavy atom. The average molecular weight is 265 g/mol. The molecule has 0 spiro atoms. The highest BCUT2D eigenvalue weighted by Crippen LogP contribution is 2.34. The number of nitrogens with two attached hydrogens (primary N) is 1. The maximum Gasteiger partial charge on any atom is 0.243 e. The zero-order valence-corrected chi connectivity index (χ0v) is 11.1. The minimum atomic E-state index is -0.546. The molecule has 18 heavy (non-hydrogen) atoms. The SMILES string of the molecule is CC(N)C(=O)N(C)c1ccc2c(c1)NC(=O)CS2. The van der Waals surface area contributed by atoms with Crippen LogP contribution in [0.15, 0.2) is 23.1 Å². The second-order valence-electron chi connectivity index (χ2n) is 4.20. The summed E-state index contributed by atoms with van der Waals surface area (Å²) in [4.78, 5) is 25.6. The monoisotopic (exact) mass is 265 g/mol. The fourth-order valence-electron chi connectivity index (χ4n) is 1.71. The summed E-state index contributed by atoms with van der Waals surface area (Å²) < 4.78 is 0. The molecule has 96 valence electrons. The van der Waals surface area contributed by atoms with Gasteiger partial charge in [0.15, 0.2) is 0 Å². The Morgan fingerprint density at radius 3 is 2.94 bits per heavy atom. The Labute approximate surface area is 110 Å². The number of carbonyl (C=O) groups excluding carboxylic acids is 2. The lowest BCUT2D eigenvalue weighted by molar-refractivity contribution is -0.119. The summed E-state index contributed by atoms with van der Waals surface area (Å²) in [7, 11) is 1.67. The van der Waals surface area contributed by atoms with Crippen molar-refractivity contribution in [3.05, 3.63) is 18.2 Å². The first-order valence-corrected chi connectivity index (χ1v) is 6.57. The zero-order valence-electron chi connectivity index (χ0n) is 10.3. The van der Waals surface area contributed by atoms with Crippen molar-refractivity contribution < 1.29 is 9.59 Å². The number of fused-ring (bicyclic) bond motifs is 1. The van der Waals surface area contributed by atoms with E-state index in [4.69, 9.17) is 5.73 Å². The van der Waals surface area contributed by atoms with Crippen LogP contribution in [0.2, 0.25) is 0 Å². The van der Waals surface area contributed by atoms with E-state index < -0.39 is 6.04 Å². The molecule has 1 aromatic carbocycles. The Hall–Kier alpha value is -1.53. The number of hydrogen-bond acceptors (Lipinski definition) is 4. The van der Waals surface area contributed by atoms with Gasteiger partial charge in [0.2, 0.25) is 11.8 Å². The third-order valence-electron chi connectivity index (χ3n) is 2.70. The number of amides is 2. The van der Waals surface area contributed by atoms with E-state index in [1.54, 1.807) is 20.0 Å². The first-order chi connectivity index (χ1) is 8.49. The van der Waals surface area contributed by atoms with E-state index in [1.165, 1.54) is 16.7 Å². The van der Waals surface area contributed by atoms with Crippen LogP contribution < -0.4 is 16.0 Å². The van der Waals surface area contributed by atoms with E-state index in [2.05, 4.69) is 5.32 Å². The second kappa shape index (κ2) is 4.99. The van der Waals surface area contributed by atoms with Gasteiger partial charge in [-0.3, -0.25) is 9.59 Å². The first-order valence-electron chi connectivity index (χ1n) is 5.59. The maximum atomic E-state index is 11.8. The summed E-state index contributed by atoms with van der Waals surface area (Å²) in [6.45, 7) is 1.65. The third-order valence-corrected chi connectivity index (χ3v) is 3.78. The van der Waals surface area contributed by atoms with Crippen LogP contribution in [0.1, 0.15) is 6.92 Å². The van der Waals surface area contributed by atoms with Crippen LogP contribution in [-0.4, -0.2) is 30.7 Å². The lowest BCUT2D eigenvalue weighted by atomic mass is 10.2. The highest BCUT2D eigenvalue weighted by Gasteiger charge is 2.19. The molecule has 0 fully saturated rings. The summed E-state index contributed by atoms with van der Waals surface area (Å²) in [5, 5.41) is 2.79. The van der Waals surface area contributed by atoms with E-state index in [0.29, 0.717) is 5.75 Å². The van der Waals surface area contributed by atoms with E-state index >= 15 is 0 Å². The predicted molar refractivity (Wildman–Crippen MR) is 72.9 cm³/mol. The maximum absolute atomic E-state index is 11.8. The number of rotatable bonds is 2. The van der Waals surface area contributed by atoms with Crippen molar-refractivity contribution in [1.29, 1.82) is 0 Å². The average Bonchev–Trinajstić information content (AvgIpc) is 2.35. The molecular formula is C12H15N3O2S. The number of nitrogens with zero attached hydrogens (tertiary/aromatic N) is 1. The molecule has 1 atom stereocenters. The molecule has 1 heterocycles. The molecule has 6 heteroatoms. The summed E-state index contributed by atoms with van der Waals surface area (Å²) in [6, 6.07) is 5.00. The summed E-state index contributed by atoms with van der Waals surface area (Å²) in [5.74, 6) is 0.247. The van der Waals surface area contributed by atoms with E-state index in [9.17, 15) is 9.59 Å². The smallest absolute Gasteiger partial charge is 0.243 e. The molecule has 1 unspecified atom stereocenters. The Balaban J connectivity index is 2.28. The number of carbonyl (C=O) groups is 2. The van der Waals surface area contributed by atoms with Gasteiger partial charge in [-0.25, -0.2) is 0 Å². The van der Waals surface area contributed by atoms with Crippen LogP contribution in [0.5, 0.6) is 0 Å². The van der Waals surface area contributed by atoms with Gasteiger partial charge < -0.3 is 16.0 Å². The van der Waals surface area contributed by atoms with Gasteiger partial charge in [0.25, 0.3) is 0 Å². The minimum Gasteiger partial charge on any atom is -0.324 e. The summed E-state index contributed by atoms with van der Waals surface area (Å²) in [6.07, 6.45) is 0. The van der Waals surface area contributed by atoms with Crippen LogP contribution in [-0.2, 0) is 9.59 Å². The van der Waals surface area contributed by atoms with Gasteiger partial charge in [-0.05, 0) is 25.1 Å². The molecular weight excluding hydrogens is 250 g/mol. The van der Waals surface area contributed by atoms with Gasteiger partial charge >= 0.3 is 0 Å². The van der Waals surface area contributed by atoms with Gasteiger partial charge in [0.1, 0.15) is 0 Å². The highest BCUT2D eigenvalue weighted by molar-refractivity contribution is 8.00. The number of likely N-dealkylation sites (N-methyl/N-ethyl adjacent to an activating group) is 1. The highest BCUT2D eigenvalue weighted by atomic mass is 32.2. The molecule has 5 nitrogen and oxygen atoms in total.